The van der Waals surface area contributed by atoms with Crippen LogP contribution in [0.15, 0.2) is 18.5 Å². The van der Waals surface area contributed by atoms with Crippen molar-refractivity contribution in [3.63, 3.8) is 0 Å². The first-order chi connectivity index (χ1) is 4.30. The Hall–Kier alpha value is -0.960. The fraction of sp³-hybridized carbons (Fsp3) is 0.333. The number of hydrogen-bond acceptors (Lipinski definition) is 3. The van der Waals surface area contributed by atoms with Gasteiger partial charge < -0.3 is 5.73 Å². The van der Waals surface area contributed by atoms with E-state index in [1.54, 1.807) is 12.4 Å². The minimum Gasteiger partial charge on any atom is -0.324 e. The van der Waals surface area contributed by atoms with Gasteiger partial charge in [0.2, 0.25) is 0 Å². The van der Waals surface area contributed by atoms with Gasteiger partial charge in [-0.15, -0.1) is 0 Å². The summed E-state index contributed by atoms with van der Waals surface area (Å²) in [5.74, 6) is 0. The maximum Gasteiger partial charge on any atom is 0.0543 e. The summed E-state index contributed by atoms with van der Waals surface area (Å²) >= 11 is 0. The minimum absolute atomic E-state index is 0.0560. The van der Waals surface area contributed by atoms with E-state index >= 15 is 0 Å². The highest BCUT2D eigenvalue weighted by Crippen LogP contribution is 2.03. The fourth-order valence-corrected chi connectivity index (χ4v) is 0.570. The molecule has 1 aromatic rings. The van der Waals surface area contributed by atoms with Crippen LogP contribution < -0.4 is 5.73 Å². The van der Waals surface area contributed by atoms with E-state index in [1.807, 2.05) is 13.0 Å². The molecule has 0 saturated heterocycles. The lowest BCUT2D eigenvalue weighted by molar-refractivity contribution is 0.800. The second-order valence-electron chi connectivity index (χ2n) is 1.96. The van der Waals surface area contributed by atoms with Crippen LogP contribution in [0.25, 0.3) is 0 Å². The van der Waals surface area contributed by atoms with Gasteiger partial charge in [0, 0.05) is 12.2 Å². The van der Waals surface area contributed by atoms with Crippen molar-refractivity contribution in [1.82, 2.24) is 10.2 Å². The molecule has 0 aliphatic heterocycles. The largest absolute Gasteiger partial charge is 0.324 e. The van der Waals surface area contributed by atoms with Crippen molar-refractivity contribution in [2.45, 2.75) is 13.0 Å². The van der Waals surface area contributed by atoms with Gasteiger partial charge in [0.1, 0.15) is 0 Å². The van der Waals surface area contributed by atoms with Crippen molar-refractivity contribution in [2.75, 3.05) is 0 Å². The molecule has 0 spiro atoms. The number of rotatable bonds is 1. The van der Waals surface area contributed by atoms with Gasteiger partial charge in [0.15, 0.2) is 0 Å². The molecule has 9 heavy (non-hydrogen) atoms. The number of hydrogen-bond donors (Lipinski definition) is 1. The zero-order chi connectivity index (χ0) is 6.69. The Balaban J connectivity index is 2.85. The number of nitrogens with zero attached hydrogens (tertiary/aromatic N) is 2. The normalized spacial score (nSPS) is 13.1. The number of aromatic nitrogens is 2. The minimum atomic E-state index is 0.0560. The Morgan fingerprint density at radius 3 is 2.67 bits per heavy atom. The molecule has 0 amide bonds. The summed E-state index contributed by atoms with van der Waals surface area (Å²) < 4.78 is 0. The summed E-state index contributed by atoms with van der Waals surface area (Å²) in [6, 6.07) is 1.91. The summed E-state index contributed by atoms with van der Waals surface area (Å²) in [6.45, 7) is 1.91. The van der Waals surface area contributed by atoms with Gasteiger partial charge in [0.25, 0.3) is 0 Å². The van der Waals surface area contributed by atoms with E-state index in [0.29, 0.717) is 0 Å². The predicted molar refractivity (Wildman–Crippen MR) is 34.6 cm³/mol. The first-order valence-electron chi connectivity index (χ1n) is 2.83. The average Bonchev–Trinajstić information content (AvgIpc) is 1.90. The van der Waals surface area contributed by atoms with Gasteiger partial charge >= 0.3 is 0 Å². The smallest absolute Gasteiger partial charge is 0.0543 e. The van der Waals surface area contributed by atoms with Gasteiger partial charge in [-0.2, -0.15) is 10.2 Å². The van der Waals surface area contributed by atoms with E-state index in [0.717, 1.165) is 5.56 Å². The molecule has 1 aromatic heterocycles. The summed E-state index contributed by atoms with van der Waals surface area (Å²) in [6.07, 6.45) is 3.31. The summed E-state index contributed by atoms with van der Waals surface area (Å²) in [5, 5.41) is 7.30. The lowest BCUT2D eigenvalue weighted by atomic mass is 10.2. The van der Waals surface area contributed by atoms with Gasteiger partial charge in [-0.3, -0.25) is 0 Å². The van der Waals surface area contributed by atoms with Gasteiger partial charge in [-0.25, -0.2) is 0 Å². The first kappa shape index (κ1) is 6.16. The molecule has 0 fully saturated rings. The molecular formula is C6H9N3. The Kier molecular flexibility index (Phi) is 1.75. The van der Waals surface area contributed by atoms with Crippen molar-refractivity contribution in [1.29, 1.82) is 0 Å². The molecule has 2 N–H and O–H groups in total. The molecule has 1 atom stereocenters. The molecule has 0 aliphatic rings. The predicted octanol–water partition coefficient (Wildman–Crippen LogP) is 0.496. The molecule has 0 saturated carbocycles. The molecule has 3 nitrogen and oxygen atoms in total. The zero-order valence-corrected chi connectivity index (χ0v) is 5.28. The van der Waals surface area contributed by atoms with E-state index in [2.05, 4.69) is 10.2 Å². The number of nitrogens with two attached hydrogens (primary N) is 1. The van der Waals surface area contributed by atoms with E-state index in [-0.39, 0.29) is 6.04 Å². The molecule has 0 radical (unpaired) electrons. The summed E-state index contributed by atoms with van der Waals surface area (Å²) in [7, 11) is 0. The first-order valence-corrected chi connectivity index (χ1v) is 2.83. The third-order valence-corrected chi connectivity index (χ3v) is 1.13. The van der Waals surface area contributed by atoms with Crippen molar-refractivity contribution in [3.05, 3.63) is 24.0 Å². The Bertz CT molecular complexity index is 171. The highest BCUT2D eigenvalue weighted by Gasteiger charge is 1.95. The maximum atomic E-state index is 5.55. The molecule has 3 heteroatoms. The molecule has 48 valence electrons. The monoisotopic (exact) mass is 123 g/mol. The Labute approximate surface area is 53.9 Å². The van der Waals surface area contributed by atoms with Gasteiger partial charge in [-0.1, -0.05) is 0 Å². The van der Waals surface area contributed by atoms with E-state index < -0.39 is 0 Å². The van der Waals surface area contributed by atoms with Crippen molar-refractivity contribution < 1.29 is 0 Å². The van der Waals surface area contributed by atoms with Crippen LogP contribution in [0.3, 0.4) is 0 Å². The third-order valence-electron chi connectivity index (χ3n) is 1.13. The van der Waals surface area contributed by atoms with Crippen molar-refractivity contribution >= 4 is 0 Å². The van der Waals surface area contributed by atoms with Crippen LogP contribution in [0.5, 0.6) is 0 Å². The van der Waals surface area contributed by atoms with E-state index in [1.165, 1.54) is 0 Å². The molecule has 1 rings (SSSR count). The fourth-order valence-electron chi connectivity index (χ4n) is 0.570. The van der Waals surface area contributed by atoms with Crippen LogP contribution in [0, 0.1) is 0 Å². The average molecular weight is 123 g/mol. The second kappa shape index (κ2) is 2.55. The van der Waals surface area contributed by atoms with Crippen molar-refractivity contribution in [2.24, 2.45) is 5.73 Å². The Morgan fingerprint density at radius 2 is 2.33 bits per heavy atom. The van der Waals surface area contributed by atoms with Crippen molar-refractivity contribution in [3.8, 4) is 0 Å². The quantitative estimate of drug-likeness (QED) is 0.591. The molecule has 0 aliphatic carbocycles. The SMILES string of the molecule is C[C@H](N)c1ccnnc1. The van der Waals surface area contributed by atoms with Crippen LogP contribution in [0.1, 0.15) is 18.5 Å². The van der Waals surface area contributed by atoms with Crippen LogP contribution in [0.4, 0.5) is 0 Å². The van der Waals surface area contributed by atoms with Crippen LogP contribution >= 0.6 is 0 Å². The summed E-state index contributed by atoms with van der Waals surface area (Å²) in [5.41, 5.74) is 6.56. The van der Waals surface area contributed by atoms with Gasteiger partial charge in [0.05, 0.1) is 6.20 Å². The summed E-state index contributed by atoms with van der Waals surface area (Å²) in [4.78, 5) is 0. The van der Waals surface area contributed by atoms with Crippen LogP contribution in [-0.4, -0.2) is 10.2 Å². The highest BCUT2D eigenvalue weighted by molar-refractivity contribution is 5.08. The molecule has 0 unspecified atom stereocenters. The Morgan fingerprint density at radius 1 is 1.56 bits per heavy atom. The standard InChI is InChI=1S/C6H9N3/c1-5(7)6-2-3-8-9-4-6/h2-5H,7H2,1H3/t5-/m0/s1. The molecule has 0 bridgehead atoms. The van der Waals surface area contributed by atoms with Gasteiger partial charge in [-0.05, 0) is 18.6 Å². The lowest BCUT2D eigenvalue weighted by Crippen LogP contribution is -2.04. The molecule has 0 aromatic carbocycles. The second-order valence-corrected chi connectivity index (χ2v) is 1.96. The molecular weight excluding hydrogens is 114 g/mol. The maximum absolute atomic E-state index is 5.55. The zero-order valence-electron chi connectivity index (χ0n) is 5.28. The lowest BCUT2D eigenvalue weighted by Gasteiger charge is -2.00. The topological polar surface area (TPSA) is 51.8 Å². The van der Waals surface area contributed by atoms with E-state index in [4.69, 9.17) is 5.73 Å². The van der Waals surface area contributed by atoms with E-state index in [9.17, 15) is 0 Å². The highest BCUT2D eigenvalue weighted by atomic mass is 15.1. The molecule has 1 heterocycles. The van der Waals surface area contributed by atoms with Crippen LogP contribution in [-0.2, 0) is 0 Å². The third kappa shape index (κ3) is 1.47. The van der Waals surface area contributed by atoms with Crippen LogP contribution in [0.2, 0.25) is 0 Å².